The zero-order valence-electron chi connectivity index (χ0n) is 10.6. The van der Waals surface area contributed by atoms with E-state index in [9.17, 15) is 10.2 Å². The summed E-state index contributed by atoms with van der Waals surface area (Å²) in [6.45, 7) is 3.94. The Kier molecular flexibility index (Phi) is 3.60. The molecule has 0 spiro atoms. The smallest absolute Gasteiger partial charge is 0.155 e. The monoisotopic (exact) mass is 250 g/mol. The highest BCUT2D eigenvalue weighted by Crippen LogP contribution is 2.07. The molecule has 6 nitrogen and oxygen atoms in total. The summed E-state index contributed by atoms with van der Waals surface area (Å²) in [4.78, 5) is 4.29. The summed E-state index contributed by atoms with van der Waals surface area (Å²) in [6.07, 6.45) is 3.65. The minimum absolute atomic E-state index is 0.125. The van der Waals surface area contributed by atoms with E-state index in [1.54, 1.807) is 17.6 Å². The summed E-state index contributed by atoms with van der Waals surface area (Å²) < 4.78 is 1.72. The molecular weight excluding hydrogens is 232 g/mol. The van der Waals surface area contributed by atoms with Crippen LogP contribution in [0, 0.1) is 6.92 Å². The van der Waals surface area contributed by atoms with Crippen LogP contribution in [0.5, 0.6) is 0 Å². The molecule has 0 bridgehead atoms. The van der Waals surface area contributed by atoms with Crippen molar-refractivity contribution < 1.29 is 10.2 Å². The Hall–Kier alpha value is -1.50. The average molecular weight is 250 g/mol. The van der Waals surface area contributed by atoms with Crippen molar-refractivity contribution in [1.82, 2.24) is 19.9 Å². The lowest BCUT2D eigenvalue weighted by Crippen LogP contribution is -2.48. The van der Waals surface area contributed by atoms with E-state index in [1.165, 1.54) is 0 Å². The van der Waals surface area contributed by atoms with Gasteiger partial charge in [-0.1, -0.05) is 0 Å². The minimum atomic E-state index is -0.686. The molecule has 2 aromatic heterocycles. The van der Waals surface area contributed by atoms with Gasteiger partial charge >= 0.3 is 0 Å². The summed E-state index contributed by atoms with van der Waals surface area (Å²) in [5, 5.41) is 25.8. The van der Waals surface area contributed by atoms with Gasteiger partial charge in [-0.2, -0.15) is 5.10 Å². The number of aliphatic hydroxyl groups is 2. The number of nitrogens with zero attached hydrogens (tertiary/aromatic N) is 3. The lowest BCUT2D eigenvalue weighted by atomic mass is 10.1. The second-order valence-corrected chi connectivity index (χ2v) is 4.78. The van der Waals surface area contributed by atoms with E-state index >= 15 is 0 Å². The fourth-order valence-corrected chi connectivity index (χ4v) is 1.60. The van der Waals surface area contributed by atoms with Crippen molar-refractivity contribution in [2.45, 2.75) is 25.9 Å². The highest BCUT2D eigenvalue weighted by Gasteiger charge is 2.21. The number of aryl methyl sites for hydroxylation is 1. The second kappa shape index (κ2) is 5.01. The number of nitrogens with one attached hydrogen (secondary N) is 1. The third-order valence-corrected chi connectivity index (χ3v) is 2.91. The van der Waals surface area contributed by atoms with Crippen molar-refractivity contribution in [3.8, 4) is 0 Å². The largest absolute Gasteiger partial charge is 0.394 e. The van der Waals surface area contributed by atoms with Gasteiger partial charge in [-0.25, -0.2) is 9.50 Å². The van der Waals surface area contributed by atoms with Gasteiger partial charge in [0.1, 0.15) is 0 Å². The number of rotatable bonds is 5. The molecule has 0 aliphatic heterocycles. The Balaban J connectivity index is 2.12. The molecule has 98 valence electrons. The first-order valence-corrected chi connectivity index (χ1v) is 5.84. The molecule has 0 amide bonds. The van der Waals surface area contributed by atoms with Gasteiger partial charge in [0.2, 0.25) is 0 Å². The van der Waals surface area contributed by atoms with Crippen LogP contribution in [0.3, 0.4) is 0 Å². The van der Waals surface area contributed by atoms with Crippen LogP contribution in [0.25, 0.3) is 5.65 Å². The summed E-state index contributed by atoms with van der Waals surface area (Å²) in [7, 11) is 0. The lowest BCUT2D eigenvalue weighted by Gasteiger charge is -2.26. The van der Waals surface area contributed by atoms with Crippen molar-refractivity contribution in [1.29, 1.82) is 0 Å². The van der Waals surface area contributed by atoms with Gasteiger partial charge in [-0.05, 0) is 13.8 Å². The summed E-state index contributed by atoms with van der Waals surface area (Å²) in [5.74, 6) is 0. The summed E-state index contributed by atoms with van der Waals surface area (Å²) in [6, 6.07) is 1.91. The highest BCUT2D eigenvalue weighted by atomic mass is 16.3. The van der Waals surface area contributed by atoms with Gasteiger partial charge in [0.25, 0.3) is 0 Å². The minimum Gasteiger partial charge on any atom is -0.394 e. The molecule has 0 aliphatic carbocycles. The maximum Gasteiger partial charge on any atom is 0.155 e. The van der Waals surface area contributed by atoms with Crippen LogP contribution in [0.1, 0.15) is 18.2 Å². The Morgan fingerprint density at radius 2 is 2.11 bits per heavy atom. The Morgan fingerprint density at radius 1 is 1.39 bits per heavy atom. The third kappa shape index (κ3) is 2.66. The molecule has 3 N–H and O–H groups in total. The SMILES string of the molecule is Cc1cc2ncc(CNC(C)(CO)CO)cn2n1. The number of aromatic nitrogens is 3. The lowest BCUT2D eigenvalue weighted by molar-refractivity contribution is 0.103. The quantitative estimate of drug-likeness (QED) is 0.688. The third-order valence-electron chi connectivity index (χ3n) is 2.91. The predicted octanol–water partition coefficient (Wildman–Crippen LogP) is -0.129. The normalized spacial score (nSPS) is 12.2. The van der Waals surface area contributed by atoms with Gasteiger partial charge < -0.3 is 15.5 Å². The molecule has 18 heavy (non-hydrogen) atoms. The van der Waals surface area contributed by atoms with Crippen molar-refractivity contribution in [3.63, 3.8) is 0 Å². The molecule has 2 aromatic rings. The number of hydrogen-bond donors (Lipinski definition) is 3. The molecule has 0 saturated heterocycles. The Morgan fingerprint density at radius 3 is 2.78 bits per heavy atom. The van der Waals surface area contributed by atoms with E-state index in [2.05, 4.69) is 15.4 Å². The molecule has 0 aromatic carbocycles. The van der Waals surface area contributed by atoms with Crippen molar-refractivity contribution >= 4 is 5.65 Å². The molecule has 6 heteroatoms. The zero-order chi connectivity index (χ0) is 13.2. The van der Waals surface area contributed by atoms with Crippen LogP contribution in [-0.4, -0.2) is 43.6 Å². The van der Waals surface area contributed by atoms with E-state index in [0.717, 1.165) is 16.9 Å². The zero-order valence-corrected chi connectivity index (χ0v) is 10.6. The van der Waals surface area contributed by atoms with Crippen molar-refractivity contribution in [3.05, 3.63) is 29.7 Å². The Labute approximate surface area is 105 Å². The molecular formula is C12H18N4O2. The topological polar surface area (TPSA) is 82.7 Å². The van der Waals surface area contributed by atoms with Crippen LogP contribution in [0.4, 0.5) is 0 Å². The molecule has 2 rings (SSSR count). The number of fused-ring (bicyclic) bond motifs is 1. The Bertz CT molecular complexity index is 534. The highest BCUT2D eigenvalue weighted by molar-refractivity contribution is 5.38. The van der Waals surface area contributed by atoms with Crippen LogP contribution >= 0.6 is 0 Å². The molecule has 0 atom stereocenters. The van der Waals surface area contributed by atoms with E-state index in [4.69, 9.17) is 0 Å². The van der Waals surface area contributed by atoms with Crippen LogP contribution in [0.15, 0.2) is 18.5 Å². The predicted molar refractivity (Wildman–Crippen MR) is 67.1 cm³/mol. The van der Waals surface area contributed by atoms with E-state index in [1.807, 2.05) is 19.2 Å². The van der Waals surface area contributed by atoms with E-state index in [-0.39, 0.29) is 13.2 Å². The molecule has 0 fully saturated rings. The van der Waals surface area contributed by atoms with Gasteiger partial charge in [0, 0.05) is 30.6 Å². The molecule has 0 radical (unpaired) electrons. The standard InChI is InChI=1S/C12H18N4O2/c1-9-3-11-13-4-10(6-16(11)15-9)5-14-12(2,7-17)8-18/h3-4,6,14,17-18H,5,7-8H2,1-2H3. The molecule has 0 aliphatic rings. The van der Waals surface area contributed by atoms with Crippen LogP contribution in [-0.2, 0) is 6.54 Å². The van der Waals surface area contributed by atoms with Gasteiger partial charge in [-0.3, -0.25) is 0 Å². The van der Waals surface area contributed by atoms with Crippen molar-refractivity contribution in [2.75, 3.05) is 13.2 Å². The fourth-order valence-electron chi connectivity index (χ4n) is 1.60. The van der Waals surface area contributed by atoms with Crippen LogP contribution < -0.4 is 5.32 Å². The van der Waals surface area contributed by atoms with Crippen LogP contribution in [0.2, 0.25) is 0 Å². The summed E-state index contributed by atoms with van der Waals surface area (Å²) in [5.41, 5.74) is 1.99. The first-order chi connectivity index (χ1) is 8.56. The maximum absolute atomic E-state index is 9.18. The van der Waals surface area contributed by atoms with Gasteiger partial charge in [-0.15, -0.1) is 0 Å². The van der Waals surface area contributed by atoms with E-state index in [0.29, 0.717) is 6.54 Å². The summed E-state index contributed by atoms with van der Waals surface area (Å²) >= 11 is 0. The van der Waals surface area contributed by atoms with Crippen molar-refractivity contribution in [2.24, 2.45) is 0 Å². The maximum atomic E-state index is 9.18. The second-order valence-electron chi connectivity index (χ2n) is 4.78. The number of hydrogen-bond acceptors (Lipinski definition) is 5. The molecule has 0 unspecified atom stereocenters. The van der Waals surface area contributed by atoms with Gasteiger partial charge in [0.15, 0.2) is 5.65 Å². The first kappa shape index (κ1) is 12.9. The molecule has 2 heterocycles. The van der Waals surface area contributed by atoms with E-state index < -0.39 is 5.54 Å². The van der Waals surface area contributed by atoms with Gasteiger partial charge in [0.05, 0.1) is 24.4 Å². The average Bonchev–Trinajstić information content (AvgIpc) is 2.75. The fraction of sp³-hybridized carbons (Fsp3) is 0.500. The first-order valence-electron chi connectivity index (χ1n) is 5.84. The molecule has 0 saturated carbocycles. The number of aliphatic hydroxyl groups excluding tert-OH is 2.